The maximum Gasteiger partial charge on any atom is 0.294 e. The van der Waals surface area contributed by atoms with Crippen molar-refractivity contribution in [3.63, 3.8) is 0 Å². The molecule has 200 valence electrons. The van der Waals surface area contributed by atoms with Crippen LogP contribution in [0.15, 0.2) is 88.5 Å². The van der Waals surface area contributed by atoms with Crippen molar-refractivity contribution in [1.29, 1.82) is 0 Å². The van der Waals surface area contributed by atoms with Crippen LogP contribution in [0.3, 0.4) is 0 Å². The van der Waals surface area contributed by atoms with E-state index in [4.69, 9.17) is 20.8 Å². The molecule has 0 saturated carbocycles. The number of Topliss-reactive ketones (excluding diaryl/α,β-unsaturated/α-hetero) is 1. The minimum Gasteiger partial charge on any atom is -0.503 e. The van der Waals surface area contributed by atoms with E-state index in [0.29, 0.717) is 39.6 Å². The number of hydrogen-bond acceptors (Lipinski definition) is 5. The number of carbonyl (C=O) groups excluding carboxylic acids is 2. The lowest BCUT2D eigenvalue weighted by molar-refractivity contribution is -0.117. The highest BCUT2D eigenvalue weighted by Crippen LogP contribution is 2.43. The van der Waals surface area contributed by atoms with Crippen LogP contribution in [0.1, 0.15) is 61.8 Å². The number of hydrogen-bond donors (Lipinski definition) is 1. The Bertz CT molecular complexity index is 1590. The molecule has 0 spiro atoms. The predicted molar refractivity (Wildman–Crippen MR) is 153 cm³/mol. The number of rotatable bonds is 7. The molecule has 0 aliphatic carbocycles. The van der Waals surface area contributed by atoms with Crippen molar-refractivity contribution < 1.29 is 23.8 Å². The number of nitrogens with zero attached hydrogens (tertiary/aromatic N) is 1. The fourth-order valence-electron chi connectivity index (χ4n) is 4.79. The van der Waals surface area contributed by atoms with E-state index < -0.39 is 23.5 Å². The second-order valence-corrected chi connectivity index (χ2v) is 11.1. The molecule has 1 aliphatic heterocycles. The van der Waals surface area contributed by atoms with Crippen LogP contribution in [0.25, 0.3) is 11.0 Å². The summed E-state index contributed by atoms with van der Waals surface area (Å²) >= 11 is 6.12. The van der Waals surface area contributed by atoms with Crippen molar-refractivity contribution in [2.75, 3.05) is 11.5 Å². The van der Waals surface area contributed by atoms with Gasteiger partial charge in [-0.25, -0.2) is 0 Å². The number of halogens is 1. The fraction of sp³-hybridized carbons (Fsp3) is 0.250. The molecule has 1 aromatic heterocycles. The van der Waals surface area contributed by atoms with Crippen LogP contribution in [0.2, 0.25) is 5.02 Å². The van der Waals surface area contributed by atoms with Crippen molar-refractivity contribution in [1.82, 2.24) is 0 Å². The summed E-state index contributed by atoms with van der Waals surface area (Å²) in [7, 11) is 0. The Morgan fingerprint density at radius 2 is 1.79 bits per heavy atom. The number of aliphatic hydroxyl groups excluding tert-OH is 1. The zero-order valence-electron chi connectivity index (χ0n) is 22.3. The van der Waals surface area contributed by atoms with E-state index in [0.717, 1.165) is 12.0 Å². The Hall–Kier alpha value is -4.03. The monoisotopic (exact) mass is 543 g/mol. The molecule has 0 bridgehead atoms. The van der Waals surface area contributed by atoms with Gasteiger partial charge in [-0.15, -0.1) is 0 Å². The summed E-state index contributed by atoms with van der Waals surface area (Å²) in [6, 6.07) is 20.6. The van der Waals surface area contributed by atoms with Crippen LogP contribution in [-0.4, -0.2) is 23.4 Å². The lowest BCUT2D eigenvalue weighted by Crippen LogP contribution is -2.31. The summed E-state index contributed by atoms with van der Waals surface area (Å²) in [4.78, 5) is 28.9. The molecule has 5 rings (SSSR count). The number of aliphatic hydroxyl groups is 1. The molecule has 0 saturated heterocycles. The van der Waals surface area contributed by atoms with Gasteiger partial charge in [-0.05, 0) is 59.4 Å². The summed E-state index contributed by atoms with van der Waals surface area (Å²) < 4.78 is 11.6. The van der Waals surface area contributed by atoms with Gasteiger partial charge >= 0.3 is 0 Å². The van der Waals surface area contributed by atoms with E-state index in [1.165, 1.54) is 4.90 Å². The Morgan fingerprint density at radius 3 is 2.49 bits per heavy atom. The molecule has 1 N–H and O–H groups in total. The van der Waals surface area contributed by atoms with Crippen LogP contribution in [0.4, 0.5) is 5.69 Å². The Labute approximate surface area is 232 Å². The molecule has 1 amide bonds. The molecule has 7 heteroatoms. The van der Waals surface area contributed by atoms with Crippen LogP contribution >= 0.6 is 11.6 Å². The highest BCUT2D eigenvalue weighted by atomic mass is 35.5. The predicted octanol–water partition coefficient (Wildman–Crippen LogP) is 7.96. The van der Waals surface area contributed by atoms with Gasteiger partial charge < -0.3 is 14.3 Å². The summed E-state index contributed by atoms with van der Waals surface area (Å²) in [5, 5.41) is 12.3. The molecule has 2 heterocycles. The smallest absolute Gasteiger partial charge is 0.294 e. The Morgan fingerprint density at radius 1 is 1.05 bits per heavy atom. The first-order valence-corrected chi connectivity index (χ1v) is 13.3. The van der Waals surface area contributed by atoms with E-state index in [-0.39, 0.29) is 16.7 Å². The zero-order valence-corrected chi connectivity index (χ0v) is 23.1. The summed E-state index contributed by atoms with van der Waals surface area (Å²) in [6.45, 7) is 8.88. The van der Waals surface area contributed by atoms with Gasteiger partial charge in [0, 0.05) is 22.2 Å². The summed E-state index contributed by atoms with van der Waals surface area (Å²) in [5.74, 6) is -1.24. The van der Waals surface area contributed by atoms with Gasteiger partial charge in [-0.2, -0.15) is 0 Å². The van der Waals surface area contributed by atoms with Gasteiger partial charge in [0.05, 0.1) is 18.2 Å². The van der Waals surface area contributed by atoms with E-state index in [2.05, 4.69) is 20.8 Å². The van der Waals surface area contributed by atoms with Crippen LogP contribution in [-0.2, 0) is 10.2 Å². The largest absolute Gasteiger partial charge is 0.503 e. The van der Waals surface area contributed by atoms with Crippen molar-refractivity contribution >= 4 is 39.9 Å². The van der Waals surface area contributed by atoms with Crippen molar-refractivity contribution in [3.05, 3.63) is 106 Å². The lowest BCUT2D eigenvalue weighted by atomic mass is 9.85. The molecule has 0 radical (unpaired) electrons. The summed E-state index contributed by atoms with van der Waals surface area (Å²) in [6.07, 6.45) is 0.833. The van der Waals surface area contributed by atoms with Crippen molar-refractivity contribution in [2.45, 2.75) is 45.6 Å². The average molecular weight is 544 g/mol. The second-order valence-electron chi connectivity index (χ2n) is 10.7. The van der Waals surface area contributed by atoms with Crippen LogP contribution < -0.4 is 9.64 Å². The average Bonchev–Trinajstić information content (AvgIpc) is 3.45. The van der Waals surface area contributed by atoms with E-state index in [9.17, 15) is 14.7 Å². The first-order valence-electron chi connectivity index (χ1n) is 12.9. The second kappa shape index (κ2) is 10.3. The van der Waals surface area contributed by atoms with E-state index >= 15 is 0 Å². The topological polar surface area (TPSA) is 80.0 Å². The molecular formula is C32H30ClNO5. The number of furan rings is 1. The lowest BCUT2D eigenvalue weighted by Gasteiger charge is -2.28. The van der Waals surface area contributed by atoms with Gasteiger partial charge in [0.2, 0.25) is 5.78 Å². The normalized spacial score (nSPS) is 15.9. The van der Waals surface area contributed by atoms with E-state index in [1.807, 2.05) is 37.3 Å². The molecule has 39 heavy (non-hydrogen) atoms. The summed E-state index contributed by atoms with van der Waals surface area (Å²) in [5.41, 5.74) is 2.64. The first kappa shape index (κ1) is 26.6. The van der Waals surface area contributed by atoms with E-state index in [1.54, 1.807) is 42.5 Å². The van der Waals surface area contributed by atoms with Gasteiger partial charge in [-0.3, -0.25) is 14.5 Å². The third kappa shape index (κ3) is 5.04. The standard InChI is InChI=1S/C32H30ClNO5/c1-5-15-38-24-8-6-7-23(18-24)34-28(19-9-11-21(12-10-19)32(2,3)4)27(30(36)31(34)37)29(35)26-17-20-16-22(33)13-14-25(20)39-26/h6-14,16-18,28,36H,5,15H2,1-4H3. The maximum atomic E-state index is 13.9. The minimum atomic E-state index is -0.878. The van der Waals surface area contributed by atoms with Gasteiger partial charge in [0.15, 0.2) is 11.5 Å². The molecular weight excluding hydrogens is 514 g/mol. The molecule has 1 atom stereocenters. The molecule has 3 aromatic carbocycles. The number of ether oxygens (including phenoxy) is 1. The van der Waals surface area contributed by atoms with Gasteiger partial charge in [0.1, 0.15) is 11.3 Å². The number of amides is 1. The number of ketones is 1. The third-order valence-corrected chi connectivity index (χ3v) is 7.05. The zero-order chi connectivity index (χ0) is 27.9. The minimum absolute atomic E-state index is 0.0137. The molecule has 6 nitrogen and oxygen atoms in total. The third-order valence-electron chi connectivity index (χ3n) is 6.82. The van der Waals surface area contributed by atoms with Crippen LogP contribution in [0, 0.1) is 0 Å². The molecule has 4 aromatic rings. The Kier molecular flexibility index (Phi) is 7.00. The molecule has 1 aliphatic rings. The highest BCUT2D eigenvalue weighted by molar-refractivity contribution is 6.31. The SMILES string of the molecule is CCCOc1cccc(N2C(=O)C(O)=C(C(=O)c3cc4cc(Cl)ccc4o3)C2c2ccc(C(C)(C)C)cc2)c1. The highest BCUT2D eigenvalue weighted by Gasteiger charge is 2.45. The maximum absolute atomic E-state index is 13.9. The number of benzene rings is 3. The van der Waals surface area contributed by atoms with Crippen molar-refractivity contribution in [2.24, 2.45) is 0 Å². The fourth-order valence-corrected chi connectivity index (χ4v) is 4.97. The molecule has 1 unspecified atom stereocenters. The Balaban J connectivity index is 1.63. The number of anilines is 1. The number of carbonyl (C=O) groups is 2. The number of fused-ring (bicyclic) bond motifs is 1. The van der Waals surface area contributed by atoms with Gasteiger partial charge in [-0.1, -0.05) is 69.6 Å². The van der Waals surface area contributed by atoms with Crippen LogP contribution in [0.5, 0.6) is 5.75 Å². The molecule has 0 fully saturated rings. The quantitative estimate of drug-likeness (QED) is 0.239. The van der Waals surface area contributed by atoms with Gasteiger partial charge in [0.25, 0.3) is 5.91 Å². The van der Waals surface area contributed by atoms with Crippen molar-refractivity contribution in [3.8, 4) is 5.75 Å². The first-order chi connectivity index (χ1) is 18.6.